The van der Waals surface area contributed by atoms with Crippen LogP contribution in [0, 0.1) is 11.3 Å². The highest BCUT2D eigenvalue weighted by molar-refractivity contribution is 5.81. The maximum Gasteiger partial charge on any atom is 0.311 e. The van der Waals surface area contributed by atoms with Crippen molar-refractivity contribution in [2.45, 2.75) is 20.3 Å². The zero-order valence-electron chi connectivity index (χ0n) is 11.0. The lowest BCUT2D eigenvalue weighted by Gasteiger charge is -2.28. The van der Waals surface area contributed by atoms with E-state index in [0.717, 1.165) is 0 Å². The van der Waals surface area contributed by atoms with E-state index in [1.807, 2.05) is 13.8 Å². The van der Waals surface area contributed by atoms with E-state index >= 15 is 0 Å². The van der Waals surface area contributed by atoms with Crippen LogP contribution in [0.1, 0.15) is 20.3 Å². The molecule has 0 aliphatic carbocycles. The van der Waals surface area contributed by atoms with Crippen LogP contribution in [0.4, 0.5) is 0 Å². The van der Waals surface area contributed by atoms with Crippen molar-refractivity contribution in [3.63, 3.8) is 0 Å². The maximum absolute atomic E-state index is 11.8. The summed E-state index contributed by atoms with van der Waals surface area (Å²) < 4.78 is 5.08. The molecule has 1 heterocycles. The van der Waals surface area contributed by atoms with E-state index in [0.29, 0.717) is 26.1 Å². The highest BCUT2D eigenvalue weighted by Gasteiger charge is 2.48. The minimum atomic E-state index is -0.823. The van der Waals surface area contributed by atoms with Gasteiger partial charge in [-0.25, -0.2) is 0 Å². The van der Waals surface area contributed by atoms with E-state index in [2.05, 4.69) is 0 Å². The van der Waals surface area contributed by atoms with Crippen molar-refractivity contribution >= 4 is 11.9 Å². The minimum absolute atomic E-state index is 0.00207. The lowest BCUT2D eigenvalue weighted by molar-refractivity contribution is -0.151. The number of aliphatic carboxylic acids is 1. The number of hydrogen-bond donors (Lipinski definition) is 2. The molecule has 0 radical (unpaired) electrons. The Hall–Kier alpha value is -1.14. The fourth-order valence-electron chi connectivity index (χ4n) is 2.27. The zero-order chi connectivity index (χ0) is 13.8. The van der Waals surface area contributed by atoms with E-state index in [-0.39, 0.29) is 25.0 Å². The van der Waals surface area contributed by atoms with Gasteiger partial charge in [0.1, 0.15) is 6.61 Å². The van der Waals surface area contributed by atoms with E-state index < -0.39 is 11.4 Å². The van der Waals surface area contributed by atoms with Gasteiger partial charge >= 0.3 is 5.97 Å². The average molecular weight is 258 g/mol. The first-order valence-electron chi connectivity index (χ1n) is 6.23. The van der Waals surface area contributed by atoms with Gasteiger partial charge in [-0.3, -0.25) is 9.59 Å². The molecule has 0 saturated carbocycles. The van der Waals surface area contributed by atoms with Gasteiger partial charge in [-0.15, -0.1) is 0 Å². The molecule has 0 bridgehead atoms. The number of likely N-dealkylation sites (tertiary alicyclic amines) is 1. The number of carboxylic acid groups (broad SMARTS) is 1. The standard InChI is InChI=1S/C12H22N2O4/c1-9(2)12(11(16)17)3-5-14(8-12)10(15)7-18-6-4-13/h9H,3-8,13H2,1-2H3,(H,16,17). The second kappa shape index (κ2) is 6.15. The molecule has 1 amide bonds. The molecule has 1 aliphatic rings. The molecular formula is C12H22N2O4. The minimum Gasteiger partial charge on any atom is -0.481 e. The quantitative estimate of drug-likeness (QED) is 0.650. The summed E-state index contributed by atoms with van der Waals surface area (Å²) in [6.07, 6.45) is 0.503. The van der Waals surface area contributed by atoms with Crippen molar-refractivity contribution in [2.24, 2.45) is 17.1 Å². The topological polar surface area (TPSA) is 92.9 Å². The first-order chi connectivity index (χ1) is 8.44. The third kappa shape index (κ3) is 3.00. The van der Waals surface area contributed by atoms with Gasteiger partial charge in [0.05, 0.1) is 12.0 Å². The van der Waals surface area contributed by atoms with Gasteiger partial charge in [-0.2, -0.15) is 0 Å². The Morgan fingerprint density at radius 2 is 2.17 bits per heavy atom. The number of hydrogen-bond acceptors (Lipinski definition) is 4. The summed E-state index contributed by atoms with van der Waals surface area (Å²) in [4.78, 5) is 24.8. The molecule has 6 heteroatoms. The van der Waals surface area contributed by atoms with Gasteiger partial charge in [0.2, 0.25) is 5.91 Å². The van der Waals surface area contributed by atoms with Crippen molar-refractivity contribution < 1.29 is 19.4 Å². The van der Waals surface area contributed by atoms with Crippen LogP contribution in [-0.4, -0.2) is 54.7 Å². The van der Waals surface area contributed by atoms with Crippen LogP contribution in [-0.2, 0) is 14.3 Å². The number of amides is 1. The SMILES string of the molecule is CC(C)C1(C(=O)O)CCN(C(=O)COCCN)C1. The molecule has 0 aromatic carbocycles. The van der Waals surface area contributed by atoms with Crippen molar-refractivity contribution in [1.29, 1.82) is 0 Å². The Morgan fingerprint density at radius 3 is 2.61 bits per heavy atom. The molecule has 18 heavy (non-hydrogen) atoms. The molecule has 104 valence electrons. The number of carboxylic acids is 1. The summed E-state index contributed by atoms with van der Waals surface area (Å²) in [5.74, 6) is -0.985. The predicted molar refractivity (Wildman–Crippen MR) is 66.0 cm³/mol. The second-order valence-electron chi connectivity index (χ2n) is 5.02. The van der Waals surface area contributed by atoms with Crippen LogP contribution >= 0.6 is 0 Å². The number of carbonyl (C=O) groups is 2. The summed E-state index contributed by atoms with van der Waals surface area (Å²) in [5.41, 5.74) is 4.45. The van der Waals surface area contributed by atoms with Gasteiger partial charge in [0.15, 0.2) is 0 Å². The third-order valence-electron chi connectivity index (χ3n) is 3.67. The number of nitrogens with two attached hydrogens (primary N) is 1. The molecule has 0 aromatic rings. The van der Waals surface area contributed by atoms with Crippen LogP contribution in [0.15, 0.2) is 0 Å². The van der Waals surface area contributed by atoms with Gasteiger partial charge in [0, 0.05) is 19.6 Å². The molecule has 6 nitrogen and oxygen atoms in total. The first kappa shape index (κ1) is 14.9. The summed E-state index contributed by atoms with van der Waals surface area (Å²) in [5, 5.41) is 9.36. The third-order valence-corrected chi connectivity index (χ3v) is 3.67. The van der Waals surface area contributed by atoms with Crippen LogP contribution in [0.25, 0.3) is 0 Å². The molecule has 1 unspecified atom stereocenters. The Labute approximate surface area is 107 Å². The fourth-order valence-corrected chi connectivity index (χ4v) is 2.27. The molecule has 1 atom stereocenters. The lowest BCUT2D eigenvalue weighted by Crippen LogP contribution is -2.41. The van der Waals surface area contributed by atoms with Gasteiger partial charge < -0.3 is 20.5 Å². The number of rotatable bonds is 6. The molecule has 0 aromatic heterocycles. The van der Waals surface area contributed by atoms with Crippen LogP contribution < -0.4 is 5.73 Å². The van der Waals surface area contributed by atoms with E-state index in [1.165, 1.54) is 0 Å². The van der Waals surface area contributed by atoms with Crippen molar-refractivity contribution in [3.05, 3.63) is 0 Å². The molecule has 0 spiro atoms. The molecule has 3 N–H and O–H groups in total. The van der Waals surface area contributed by atoms with Crippen LogP contribution in [0.5, 0.6) is 0 Å². The zero-order valence-corrected chi connectivity index (χ0v) is 11.0. The van der Waals surface area contributed by atoms with Crippen LogP contribution in [0.2, 0.25) is 0 Å². The number of nitrogens with zero attached hydrogens (tertiary/aromatic N) is 1. The number of carbonyl (C=O) groups excluding carboxylic acids is 1. The van der Waals surface area contributed by atoms with Crippen LogP contribution in [0.3, 0.4) is 0 Å². The molecule has 1 fully saturated rings. The molecule has 1 aliphatic heterocycles. The summed E-state index contributed by atoms with van der Waals surface area (Å²) in [6.45, 7) is 5.21. The Balaban J connectivity index is 2.58. The smallest absolute Gasteiger partial charge is 0.311 e. The second-order valence-corrected chi connectivity index (χ2v) is 5.02. The first-order valence-corrected chi connectivity index (χ1v) is 6.23. The Morgan fingerprint density at radius 1 is 1.50 bits per heavy atom. The van der Waals surface area contributed by atoms with E-state index in [4.69, 9.17) is 10.5 Å². The monoisotopic (exact) mass is 258 g/mol. The lowest BCUT2D eigenvalue weighted by atomic mass is 9.76. The Bertz CT molecular complexity index is 319. The fraction of sp³-hybridized carbons (Fsp3) is 0.833. The van der Waals surface area contributed by atoms with Gasteiger partial charge in [-0.1, -0.05) is 13.8 Å². The van der Waals surface area contributed by atoms with Gasteiger partial charge in [0.25, 0.3) is 0 Å². The summed E-state index contributed by atoms with van der Waals surface area (Å²) in [6, 6.07) is 0. The Kier molecular flexibility index (Phi) is 5.10. The summed E-state index contributed by atoms with van der Waals surface area (Å²) in [7, 11) is 0. The van der Waals surface area contributed by atoms with Crippen molar-refractivity contribution in [2.75, 3.05) is 32.8 Å². The van der Waals surface area contributed by atoms with Crippen molar-refractivity contribution in [1.82, 2.24) is 4.90 Å². The molecule has 1 saturated heterocycles. The normalized spacial score (nSPS) is 23.7. The van der Waals surface area contributed by atoms with E-state index in [1.54, 1.807) is 4.90 Å². The summed E-state index contributed by atoms with van der Waals surface area (Å²) >= 11 is 0. The molecule has 1 rings (SSSR count). The van der Waals surface area contributed by atoms with Gasteiger partial charge in [-0.05, 0) is 12.3 Å². The highest BCUT2D eigenvalue weighted by atomic mass is 16.5. The van der Waals surface area contributed by atoms with Crippen molar-refractivity contribution in [3.8, 4) is 0 Å². The largest absolute Gasteiger partial charge is 0.481 e. The average Bonchev–Trinajstić information content (AvgIpc) is 2.75. The highest BCUT2D eigenvalue weighted by Crippen LogP contribution is 2.38. The molecular weight excluding hydrogens is 236 g/mol. The number of ether oxygens (including phenoxy) is 1. The maximum atomic E-state index is 11.8. The predicted octanol–water partition coefficient (Wildman–Crippen LogP) is -0.0790. The van der Waals surface area contributed by atoms with E-state index in [9.17, 15) is 14.7 Å².